The van der Waals surface area contributed by atoms with E-state index in [0.717, 1.165) is 18.3 Å². The third-order valence-electron chi connectivity index (χ3n) is 1.87. The quantitative estimate of drug-likeness (QED) is 0.649. The van der Waals surface area contributed by atoms with Gasteiger partial charge < -0.3 is 5.32 Å². The summed E-state index contributed by atoms with van der Waals surface area (Å²) < 4.78 is 36.6. The van der Waals surface area contributed by atoms with Crippen molar-refractivity contribution in [1.29, 1.82) is 0 Å². The van der Waals surface area contributed by atoms with Crippen LogP contribution in [-0.2, 0) is 6.18 Å². The van der Waals surface area contributed by atoms with Crippen LogP contribution in [-0.4, -0.2) is 17.4 Å². The molecule has 0 aromatic carbocycles. The molecule has 0 fully saturated rings. The number of carbonyl (C=O) groups excluding carboxylic acids is 1. The third kappa shape index (κ3) is 3.79. The van der Waals surface area contributed by atoms with Crippen molar-refractivity contribution in [1.82, 2.24) is 10.3 Å². The van der Waals surface area contributed by atoms with Crippen LogP contribution in [0.15, 0.2) is 18.3 Å². The van der Waals surface area contributed by atoms with Gasteiger partial charge in [0.1, 0.15) is 5.69 Å². The van der Waals surface area contributed by atoms with E-state index in [9.17, 15) is 18.0 Å². The lowest BCUT2D eigenvalue weighted by atomic mass is 10.2. The number of pyridine rings is 1. The number of nitrogens with zero attached hydrogens (tertiary/aromatic N) is 1. The second-order valence-electron chi connectivity index (χ2n) is 3.14. The van der Waals surface area contributed by atoms with Gasteiger partial charge in [0.15, 0.2) is 0 Å². The maximum atomic E-state index is 12.2. The molecule has 1 aromatic heterocycles. The van der Waals surface area contributed by atoms with Crippen LogP contribution in [0.1, 0.15) is 22.5 Å². The first kappa shape index (κ1) is 13.0. The number of terminal acetylenes is 1. The van der Waals surface area contributed by atoms with E-state index >= 15 is 0 Å². The van der Waals surface area contributed by atoms with Crippen LogP contribution in [0.4, 0.5) is 13.2 Å². The van der Waals surface area contributed by atoms with Crippen molar-refractivity contribution >= 4 is 5.91 Å². The molecule has 0 atom stereocenters. The van der Waals surface area contributed by atoms with Gasteiger partial charge in [0, 0.05) is 19.2 Å². The molecule has 1 amide bonds. The SMILES string of the molecule is C#CCCNC(=O)c1ccc(C(F)(F)F)nc1. The van der Waals surface area contributed by atoms with E-state index in [1.807, 2.05) is 0 Å². The van der Waals surface area contributed by atoms with Crippen molar-refractivity contribution in [3.63, 3.8) is 0 Å². The monoisotopic (exact) mass is 242 g/mol. The average Bonchev–Trinajstić information content (AvgIpc) is 2.28. The second-order valence-corrected chi connectivity index (χ2v) is 3.14. The van der Waals surface area contributed by atoms with Crippen LogP contribution < -0.4 is 5.32 Å². The molecule has 0 unspecified atom stereocenters. The first-order valence-electron chi connectivity index (χ1n) is 4.70. The summed E-state index contributed by atoms with van der Waals surface area (Å²) in [6.45, 7) is 0.274. The molecular weight excluding hydrogens is 233 g/mol. The summed E-state index contributed by atoms with van der Waals surface area (Å²) in [4.78, 5) is 14.6. The maximum Gasteiger partial charge on any atom is 0.433 e. The fourth-order valence-corrected chi connectivity index (χ4v) is 1.05. The Balaban J connectivity index is 2.68. The van der Waals surface area contributed by atoms with E-state index in [1.165, 1.54) is 0 Å². The summed E-state index contributed by atoms with van der Waals surface area (Å²) in [5.41, 5.74) is -0.965. The molecule has 0 aliphatic carbocycles. The molecule has 0 bridgehead atoms. The van der Waals surface area contributed by atoms with Crippen molar-refractivity contribution in [3.8, 4) is 12.3 Å². The molecule has 3 nitrogen and oxygen atoms in total. The third-order valence-corrected chi connectivity index (χ3v) is 1.87. The lowest BCUT2D eigenvalue weighted by molar-refractivity contribution is -0.141. The molecular formula is C11H9F3N2O. The normalized spacial score (nSPS) is 10.7. The molecule has 0 saturated carbocycles. The van der Waals surface area contributed by atoms with Crippen molar-refractivity contribution in [2.24, 2.45) is 0 Å². The summed E-state index contributed by atoms with van der Waals surface area (Å²) in [5, 5.41) is 2.46. The highest BCUT2D eigenvalue weighted by molar-refractivity contribution is 5.93. The molecule has 1 aromatic rings. The van der Waals surface area contributed by atoms with E-state index in [1.54, 1.807) is 0 Å². The fourth-order valence-electron chi connectivity index (χ4n) is 1.05. The molecule has 1 rings (SSSR count). The Labute approximate surface area is 96.0 Å². The van der Waals surface area contributed by atoms with E-state index in [2.05, 4.69) is 16.2 Å². The average molecular weight is 242 g/mol. The molecule has 0 aliphatic rings. The van der Waals surface area contributed by atoms with Gasteiger partial charge in [-0.25, -0.2) is 0 Å². The van der Waals surface area contributed by atoms with Crippen LogP contribution in [0, 0.1) is 12.3 Å². The number of hydrogen-bond donors (Lipinski definition) is 1. The van der Waals surface area contributed by atoms with E-state index < -0.39 is 17.8 Å². The minimum atomic E-state index is -4.50. The molecule has 1 N–H and O–H groups in total. The van der Waals surface area contributed by atoms with Crippen LogP contribution in [0.3, 0.4) is 0 Å². The Hall–Kier alpha value is -2.03. The molecule has 90 valence electrons. The number of halogens is 3. The standard InChI is InChI=1S/C11H9F3N2O/c1-2-3-6-15-10(17)8-4-5-9(16-7-8)11(12,13)14/h1,4-5,7H,3,6H2,(H,15,17). The zero-order chi connectivity index (χ0) is 12.9. The van der Waals surface area contributed by atoms with E-state index in [4.69, 9.17) is 6.42 Å². The Morgan fingerprint density at radius 3 is 2.65 bits per heavy atom. The largest absolute Gasteiger partial charge is 0.433 e. The van der Waals surface area contributed by atoms with Gasteiger partial charge in [-0.05, 0) is 12.1 Å². The maximum absolute atomic E-state index is 12.2. The number of carbonyl (C=O) groups is 1. The Morgan fingerprint density at radius 1 is 1.47 bits per heavy atom. The fraction of sp³-hybridized carbons (Fsp3) is 0.273. The van der Waals surface area contributed by atoms with Gasteiger partial charge >= 0.3 is 6.18 Å². The number of rotatable bonds is 3. The second kappa shape index (κ2) is 5.34. The van der Waals surface area contributed by atoms with Gasteiger partial charge in [-0.1, -0.05) is 0 Å². The molecule has 1 heterocycles. The van der Waals surface area contributed by atoms with Crippen LogP contribution in [0.2, 0.25) is 0 Å². The zero-order valence-corrected chi connectivity index (χ0v) is 8.71. The number of alkyl halides is 3. The highest BCUT2D eigenvalue weighted by Gasteiger charge is 2.32. The van der Waals surface area contributed by atoms with Crippen molar-refractivity contribution in [3.05, 3.63) is 29.6 Å². The lowest BCUT2D eigenvalue weighted by Gasteiger charge is -2.06. The van der Waals surface area contributed by atoms with E-state index in [-0.39, 0.29) is 12.1 Å². The van der Waals surface area contributed by atoms with Crippen LogP contribution >= 0.6 is 0 Å². The zero-order valence-electron chi connectivity index (χ0n) is 8.71. The van der Waals surface area contributed by atoms with Crippen molar-refractivity contribution in [2.75, 3.05) is 6.54 Å². The van der Waals surface area contributed by atoms with Gasteiger partial charge in [0.05, 0.1) is 5.56 Å². The number of aromatic nitrogens is 1. The summed E-state index contributed by atoms with van der Waals surface area (Å²) in [6, 6.07) is 1.83. The van der Waals surface area contributed by atoms with Crippen molar-refractivity contribution < 1.29 is 18.0 Å². The summed E-state index contributed by atoms with van der Waals surface area (Å²) in [6.07, 6.45) is 1.72. The summed E-state index contributed by atoms with van der Waals surface area (Å²) in [5.74, 6) is 1.83. The number of hydrogen-bond acceptors (Lipinski definition) is 2. The predicted molar refractivity (Wildman–Crippen MR) is 55.0 cm³/mol. The van der Waals surface area contributed by atoms with Gasteiger partial charge in [0.2, 0.25) is 0 Å². The lowest BCUT2D eigenvalue weighted by Crippen LogP contribution is -2.24. The Kier molecular flexibility index (Phi) is 4.10. The minimum Gasteiger partial charge on any atom is -0.351 e. The van der Waals surface area contributed by atoms with Crippen LogP contribution in [0.5, 0.6) is 0 Å². The van der Waals surface area contributed by atoms with Crippen molar-refractivity contribution in [2.45, 2.75) is 12.6 Å². The molecule has 6 heteroatoms. The molecule has 0 spiro atoms. The molecule has 0 aliphatic heterocycles. The van der Waals surface area contributed by atoms with E-state index in [0.29, 0.717) is 6.42 Å². The topological polar surface area (TPSA) is 42.0 Å². The highest BCUT2D eigenvalue weighted by atomic mass is 19.4. The highest BCUT2D eigenvalue weighted by Crippen LogP contribution is 2.27. The number of amides is 1. The summed E-state index contributed by atoms with van der Waals surface area (Å²) >= 11 is 0. The first-order valence-corrected chi connectivity index (χ1v) is 4.70. The Bertz CT molecular complexity index is 432. The predicted octanol–water partition coefficient (Wildman–Crippen LogP) is 1.85. The molecule has 0 saturated heterocycles. The summed E-state index contributed by atoms with van der Waals surface area (Å²) in [7, 11) is 0. The first-order chi connectivity index (χ1) is 7.95. The molecule has 0 radical (unpaired) electrons. The van der Waals surface area contributed by atoms with Gasteiger partial charge in [-0.15, -0.1) is 12.3 Å². The minimum absolute atomic E-state index is 0.0648. The smallest absolute Gasteiger partial charge is 0.351 e. The number of nitrogens with one attached hydrogen (secondary N) is 1. The van der Waals surface area contributed by atoms with Crippen LogP contribution in [0.25, 0.3) is 0 Å². The van der Waals surface area contributed by atoms with Gasteiger partial charge in [0.25, 0.3) is 5.91 Å². The van der Waals surface area contributed by atoms with Gasteiger partial charge in [-0.3, -0.25) is 9.78 Å². The molecule has 17 heavy (non-hydrogen) atoms. The Morgan fingerprint density at radius 2 is 2.18 bits per heavy atom. The van der Waals surface area contributed by atoms with Gasteiger partial charge in [-0.2, -0.15) is 13.2 Å².